The lowest BCUT2D eigenvalue weighted by atomic mass is 10.1. The van der Waals surface area contributed by atoms with Crippen LogP contribution >= 0.6 is 15.9 Å². The van der Waals surface area contributed by atoms with Crippen LogP contribution in [0.5, 0.6) is 0 Å². The molecular weight excluding hydrogens is 332 g/mol. The van der Waals surface area contributed by atoms with Gasteiger partial charge in [0.05, 0.1) is 6.42 Å². The minimum atomic E-state index is -0.445. The van der Waals surface area contributed by atoms with Crippen LogP contribution in [0.3, 0.4) is 0 Å². The quantitative estimate of drug-likeness (QED) is 0.400. The Morgan fingerprint density at radius 3 is 2.38 bits per heavy atom. The summed E-state index contributed by atoms with van der Waals surface area (Å²) in [4.78, 5) is 16.5. The molecule has 0 amide bonds. The summed E-state index contributed by atoms with van der Waals surface area (Å²) in [6.07, 6.45) is 0.164. The standard InChI is InChI=1S/C16H15BrN2O2/c1-11-2-4-12(5-3-11)10-15(20)21-19-16(18)13-6-8-14(17)9-7-13/h2-9H,10H2,1H3,(H2,18,19). The number of aryl methyl sites for hydroxylation is 1. The van der Waals surface area contributed by atoms with Crippen molar-refractivity contribution in [1.82, 2.24) is 0 Å². The van der Waals surface area contributed by atoms with Crippen LogP contribution < -0.4 is 5.73 Å². The zero-order chi connectivity index (χ0) is 15.2. The number of nitrogens with two attached hydrogens (primary N) is 1. The second-order valence-electron chi connectivity index (χ2n) is 4.61. The average molecular weight is 347 g/mol. The Morgan fingerprint density at radius 2 is 1.76 bits per heavy atom. The van der Waals surface area contributed by atoms with E-state index in [1.54, 1.807) is 12.1 Å². The Labute approximate surface area is 131 Å². The lowest BCUT2D eigenvalue weighted by Crippen LogP contribution is -2.15. The van der Waals surface area contributed by atoms with E-state index in [2.05, 4.69) is 21.1 Å². The number of amidine groups is 1. The molecule has 0 aromatic heterocycles. The van der Waals surface area contributed by atoms with E-state index in [9.17, 15) is 4.79 Å². The van der Waals surface area contributed by atoms with Crippen LogP contribution in [0, 0.1) is 6.92 Å². The maximum absolute atomic E-state index is 11.7. The molecule has 0 spiro atoms. The number of carbonyl (C=O) groups excluding carboxylic acids is 1. The number of nitrogens with zero attached hydrogens (tertiary/aromatic N) is 1. The van der Waals surface area contributed by atoms with Crippen molar-refractivity contribution in [3.63, 3.8) is 0 Å². The first kappa shape index (κ1) is 15.3. The number of halogens is 1. The van der Waals surface area contributed by atoms with Gasteiger partial charge in [0, 0.05) is 10.0 Å². The monoisotopic (exact) mass is 346 g/mol. The minimum absolute atomic E-state index is 0.164. The molecule has 0 aliphatic carbocycles. The molecule has 0 aliphatic heterocycles. The van der Waals surface area contributed by atoms with Crippen LogP contribution in [0.1, 0.15) is 16.7 Å². The van der Waals surface area contributed by atoms with Crippen molar-refractivity contribution in [2.24, 2.45) is 10.9 Å². The molecule has 0 radical (unpaired) electrons. The minimum Gasteiger partial charge on any atom is -0.380 e. The maximum Gasteiger partial charge on any atom is 0.339 e. The van der Waals surface area contributed by atoms with Crippen molar-refractivity contribution in [1.29, 1.82) is 0 Å². The van der Waals surface area contributed by atoms with E-state index in [-0.39, 0.29) is 12.3 Å². The van der Waals surface area contributed by atoms with Gasteiger partial charge in [0.2, 0.25) is 0 Å². The van der Waals surface area contributed by atoms with Gasteiger partial charge in [0.1, 0.15) is 0 Å². The van der Waals surface area contributed by atoms with E-state index in [1.165, 1.54) is 0 Å². The van der Waals surface area contributed by atoms with Gasteiger partial charge in [-0.3, -0.25) is 0 Å². The zero-order valence-corrected chi connectivity index (χ0v) is 13.1. The number of oxime groups is 1. The molecule has 2 aromatic carbocycles. The Morgan fingerprint density at radius 1 is 1.14 bits per heavy atom. The van der Waals surface area contributed by atoms with Crippen molar-refractivity contribution in [3.05, 3.63) is 69.7 Å². The van der Waals surface area contributed by atoms with Crippen molar-refractivity contribution >= 4 is 27.7 Å². The molecule has 0 fully saturated rings. The second kappa shape index (κ2) is 7.04. The summed E-state index contributed by atoms with van der Waals surface area (Å²) in [5.41, 5.74) is 8.48. The fraction of sp³-hybridized carbons (Fsp3) is 0.125. The lowest BCUT2D eigenvalue weighted by Gasteiger charge is -2.02. The summed E-state index contributed by atoms with van der Waals surface area (Å²) in [6.45, 7) is 1.99. The Hall–Kier alpha value is -2.14. The molecule has 2 aromatic rings. The highest BCUT2D eigenvalue weighted by Crippen LogP contribution is 2.10. The van der Waals surface area contributed by atoms with Crippen molar-refractivity contribution in [2.75, 3.05) is 0 Å². The van der Waals surface area contributed by atoms with Crippen LogP contribution in [0.15, 0.2) is 58.2 Å². The fourth-order valence-corrected chi connectivity index (χ4v) is 1.94. The summed E-state index contributed by atoms with van der Waals surface area (Å²) in [6, 6.07) is 14.9. The third-order valence-corrected chi connectivity index (χ3v) is 3.38. The topological polar surface area (TPSA) is 64.7 Å². The van der Waals surface area contributed by atoms with Gasteiger partial charge in [-0.05, 0) is 24.6 Å². The van der Waals surface area contributed by atoms with Crippen LogP contribution in [0.4, 0.5) is 0 Å². The van der Waals surface area contributed by atoms with E-state index in [0.717, 1.165) is 15.6 Å². The summed E-state index contributed by atoms with van der Waals surface area (Å²) in [7, 11) is 0. The number of hydrogen-bond donors (Lipinski definition) is 1. The molecule has 0 saturated carbocycles. The molecule has 2 N–H and O–H groups in total. The van der Waals surface area contributed by atoms with Gasteiger partial charge < -0.3 is 10.6 Å². The lowest BCUT2D eigenvalue weighted by molar-refractivity contribution is -0.142. The fourth-order valence-electron chi connectivity index (χ4n) is 1.68. The van der Waals surface area contributed by atoms with Crippen molar-refractivity contribution < 1.29 is 9.63 Å². The Kier molecular flexibility index (Phi) is 5.11. The SMILES string of the molecule is Cc1ccc(CC(=O)O/N=C(/N)c2ccc(Br)cc2)cc1. The Balaban J connectivity index is 1.94. The van der Waals surface area contributed by atoms with Gasteiger partial charge in [0.25, 0.3) is 0 Å². The van der Waals surface area contributed by atoms with Gasteiger partial charge >= 0.3 is 5.97 Å². The summed E-state index contributed by atoms with van der Waals surface area (Å²) >= 11 is 3.33. The predicted octanol–water partition coefficient (Wildman–Crippen LogP) is 3.16. The molecule has 0 aliphatic rings. The van der Waals surface area contributed by atoms with Gasteiger partial charge in [-0.25, -0.2) is 4.79 Å². The third-order valence-electron chi connectivity index (χ3n) is 2.85. The van der Waals surface area contributed by atoms with E-state index in [1.807, 2.05) is 43.3 Å². The van der Waals surface area contributed by atoms with Gasteiger partial charge in [-0.1, -0.05) is 63.0 Å². The molecule has 0 heterocycles. The molecule has 0 saturated heterocycles. The molecule has 108 valence electrons. The summed E-state index contributed by atoms with van der Waals surface area (Å²) in [5.74, 6) is -0.279. The number of carbonyl (C=O) groups is 1. The van der Waals surface area contributed by atoms with Crippen LogP contribution in [-0.2, 0) is 16.1 Å². The van der Waals surface area contributed by atoms with Crippen LogP contribution in [0.25, 0.3) is 0 Å². The zero-order valence-electron chi connectivity index (χ0n) is 11.5. The van der Waals surface area contributed by atoms with E-state index < -0.39 is 5.97 Å². The normalized spacial score (nSPS) is 11.2. The van der Waals surface area contributed by atoms with Gasteiger partial charge in [0.15, 0.2) is 5.84 Å². The first-order chi connectivity index (χ1) is 10.0. The second-order valence-corrected chi connectivity index (χ2v) is 5.52. The average Bonchev–Trinajstić information content (AvgIpc) is 2.48. The van der Waals surface area contributed by atoms with E-state index >= 15 is 0 Å². The first-order valence-electron chi connectivity index (χ1n) is 6.39. The molecular formula is C16H15BrN2O2. The summed E-state index contributed by atoms with van der Waals surface area (Å²) in [5, 5.41) is 3.67. The smallest absolute Gasteiger partial charge is 0.339 e. The number of rotatable bonds is 4. The van der Waals surface area contributed by atoms with Crippen LogP contribution in [0.2, 0.25) is 0 Å². The summed E-state index contributed by atoms with van der Waals surface area (Å²) < 4.78 is 0.940. The molecule has 0 bridgehead atoms. The van der Waals surface area contributed by atoms with E-state index in [4.69, 9.17) is 10.6 Å². The predicted molar refractivity (Wildman–Crippen MR) is 85.8 cm³/mol. The molecule has 0 atom stereocenters. The van der Waals surface area contributed by atoms with Crippen molar-refractivity contribution in [2.45, 2.75) is 13.3 Å². The Bertz CT molecular complexity index is 649. The molecule has 5 heteroatoms. The largest absolute Gasteiger partial charge is 0.380 e. The van der Waals surface area contributed by atoms with Gasteiger partial charge in [-0.15, -0.1) is 0 Å². The van der Waals surface area contributed by atoms with Crippen LogP contribution in [-0.4, -0.2) is 11.8 Å². The first-order valence-corrected chi connectivity index (χ1v) is 7.18. The maximum atomic E-state index is 11.7. The van der Waals surface area contributed by atoms with E-state index in [0.29, 0.717) is 5.56 Å². The molecule has 21 heavy (non-hydrogen) atoms. The molecule has 0 unspecified atom stereocenters. The number of benzene rings is 2. The number of hydrogen-bond acceptors (Lipinski definition) is 3. The molecule has 4 nitrogen and oxygen atoms in total. The van der Waals surface area contributed by atoms with Crippen molar-refractivity contribution in [3.8, 4) is 0 Å². The third kappa shape index (κ3) is 4.72. The highest BCUT2D eigenvalue weighted by atomic mass is 79.9. The highest BCUT2D eigenvalue weighted by molar-refractivity contribution is 9.10. The molecule has 2 rings (SSSR count). The highest BCUT2D eigenvalue weighted by Gasteiger charge is 2.06. The van der Waals surface area contributed by atoms with Gasteiger partial charge in [-0.2, -0.15) is 0 Å².